The first kappa shape index (κ1) is 22.4. The van der Waals surface area contributed by atoms with Crippen LogP contribution in [0, 0.1) is 0 Å². The van der Waals surface area contributed by atoms with Gasteiger partial charge >= 0.3 is 7.12 Å². The first-order valence-corrected chi connectivity index (χ1v) is 11.7. The monoisotopic (exact) mass is 421 g/mol. The van der Waals surface area contributed by atoms with Crippen LogP contribution in [0.2, 0.25) is 0 Å². The molecule has 1 aromatic heterocycles. The highest BCUT2D eigenvalue weighted by Crippen LogP contribution is 2.37. The molecular weight excluding hydrogens is 385 g/mol. The average Bonchev–Trinajstić information content (AvgIpc) is 2.95. The Balaban J connectivity index is 1.64. The van der Waals surface area contributed by atoms with Gasteiger partial charge in [-0.1, -0.05) is 64.3 Å². The summed E-state index contributed by atoms with van der Waals surface area (Å²) < 4.78 is 12.4. The summed E-state index contributed by atoms with van der Waals surface area (Å²) in [5.41, 5.74) is 1.21. The molecule has 31 heavy (non-hydrogen) atoms. The highest BCUT2D eigenvalue weighted by molar-refractivity contribution is 6.62. The van der Waals surface area contributed by atoms with E-state index in [9.17, 15) is 0 Å². The van der Waals surface area contributed by atoms with Gasteiger partial charge in [0.05, 0.1) is 11.2 Å². The summed E-state index contributed by atoms with van der Waals surface area (Å²) in [6, 6.07) is 8.29. The zero-order chi connectivity index (χ0) is 22.4. The predicted octanol–water partition coefficient (Wildman–Crippen LogP) is 5.18. The van der Waals surface area contributed by atoms with E-state index in [0.717, 1.165) is 28.5 Å². The smallest absolute Gasteiger partial charge is 0.399 e. The third kappa shape index (κ3) is 4.56. The second-order valence-corrected chi connectivity index (χ2v) is 11.1. The van der Waals surface area contributed by atoms with Crippen LogP contribution >= 0.6 is 0 Å². The third-order valence-corrected chi connectivity index (χ3v) is 6.99. The molecule has 0 amide bonds. The number of hydrogen-bond acceptors (Lipinski definition) is 5. The molecular formula is C25H36BN3O2. The van der Waals surface area contributed by atoms with E-state index < -0.39 is 0 Å². The summed E-state index contributed by atoms with van der Waals surface area (Å²) >= 11 is 0. The van der Waals surface area contributed by atoms with E-state index in [1.54, 1.807) is 0 Å². The van der Waals surface area contributed by atoms with Crippen molar-refractivity contribution >= 4 is 12.6 Å². The molecule has 0 unspecified atom stereocenters. The van der Waals surface area contributed by atoms with E-state index in [2.05, 4.69) is 72.7 Å². The Kier molecular flexibility index (Phi) is 5.76. The molecule has 1 saturated carbocycles. The van der Waals surface area contributed by atoms with Crippen LogP contribution in [0.1, 0.15) is 98.1 Å². The van der Waals surface area contributed by atoms with Crippen molar-refractivity contribution in [3.05, 3.63) is 35.9 Å². The molecule has 0 radical (unpaired) electrons. The topological polar surface area (TPSA) is 57.1 Å². The van der Waals surface area contributed by atoms with Crippen LogP contribution in [-0.4, -0.2) is 33.3 Å². The maximum atomic E-state index is 6.19. The number of rotatable bonds is 3. The minimum atomic E-state index is -0.361. The van der Waals surface area contributed by atoms with Crippen LogP contribution in [0.25, 0.3) is 11.4 Å². The number of benzene rings is 1. The van der Waals surface area contributed by atoms with Gasteiger partial charge in [-0.25, -0.2) is 15.0 Å². The Morgan fingerprint density at radius 2 is 1.42 bits per heavy atom. The van der Waals surface area contributed by atoms with Crippen LogP contribution < -0.4 is 5.46 Å². The average molecular weight is 421 g/mol. The van der Waals surface area contributed by atoms with Crippen molar-refractivity contribution in [1.82, 2.24) is 15.0 Å². The van der Waals surface area contributed by atoms with Gasteiger partial charge in [0.2, 0.25) is 0 Å². The van der Waals surface area contributed by atoms with Crippen molar-refractivity contribution in [3.8, 4) is 11.4 Å². The van der Waals surface area contributed by atoms with E-state index in [-0.39, 0.29) is 23.7 Å². The minimum absolute atomic E-state index is 0.121. The normalized spacial score (nSPS) is 21.5. The zero-order valence-corrected chi connectivity index (χ0v) is 20.2. The molecule has 166 valence electrons. The van der Waals surface area contributed by atoms with Crippen molar-refractivity contribution < 1.29 is 9.31 Å². The Morgan fingerprint density at radius 1 is 0.839 bits per heavy atom. The molecule has 1 aromatic carbocycles. The Morgan fingerprint density at radius 3 is 1.97 bits per heavy atom. The van der Waals surface area contributed by atoms with Crippen LogP contribution in [0.3, 0.4) is 0 Å². The number of aromatic nitrogens is 3. The lowest BCUT2D eigenvalue weighted by Gasteiger charge is -2.32. The highest BCUT2D eigenvalue weighted by atomic mass is 16.7. The van der Waals surface area contributed by atoms with Gasteiger partial charge in [-0.3, -0.25) is 0 Å². The standard InChI is InChI=1S/C25H36BN3O2/c1-23(2,3)22-28-20(17-11-9-8-10-12-17)27-21(29-22)18-13-15-19(16-14-18)26-30-24(4,5)25(6,7)31-26/h13-17H,8-12H2,1-7H3. The van der Waals surface area contributed by atoms with Gasteiger partial charge in [0.1, 0.15) is 11.6 Å². The first-order valence-electron chi connectivity index (χ1n) is 11.7. The van der Waals surface area contributed by atoms with Crippen LogP contribution in [0.5, 0.6) is 0 Å². The molecule has 6 heteroatoms. The lowest BCUT2D eigenvalue weighted by molar-refractivity contribution is 0.00578. The quantitative estimate of drug-likeness (QED) is 0.639. The lowest BCUT2D eigenvalue weighted by Crippen LogP contribution is -2.41. The summed E-state index contributed by atoms with van der Waals surface area (Å²) in [7, 11) is -0.361. The summed E-state index contributed by atoms with van der Waals surface area (Å²) in [6.07, 6.45) is 6.20. The maximum Gasteiger partial charge on any atom is 0.494 e. The van der Waals surface area contributed by atoms with Crippen LogP contribution in [0.15, 0.2) is 24.3 Å². The molecule has 2 aliphatic rings. The molecule has 4 rings (SSSR count). The van der Waals surface area contributed by atoms with E-state index in [4.69, 9.17) is 24.3 Å². The zero-order valence-electron chi connectivity index (χ0n) is 20.2. The Hall–Kier alpha value is -1.79. The van der Waals surface area contributed by atoms with Gasteiger partial charge in [-0.05, 0) is 46.0 Å². The summed E-state index contributed by atoms with van der Waals surface area (Å²) in [4.78, 5) is 14.7. The van der Waals surface area contributed by atoms with Gasteiger partial charge in [-0.15, -0.1) is 0 Å². The summed E-state index contributed by atoms with van der Waals surface area (Å²) in [6.45, 7) is 14.8. The van der Waals surface area contributed by atoms with Crippen LogP contribution in [-0.2, 0) is 14.7 Å². The van der Waals surface area contributed by atoms with E-state index >= 15 is 0 Å². The van der Waals surface area contributed by atoms with Gasteiger partial charge in [-0.2, -0.15) is 0 Å². The molecule has 2 fully saturated rings. The van der Waals surface area contributed by atoms with E-state index in [1.807, 2.05) is 0 Å². The van der Waals surface area contributed by atoms with Gasteiger partial charge in [0.25, 0.3) is 0 Å². The fraction of sp³-hybridized carbons (Fsp3) is 0.640. The van der Waals surface area contributed by atoms with Gasteiger partial charge in [0.15, 0.2) is 5.82 Å². The second kappa shape index (κ2) is 7.97. The van der Waals surface area contributed by atoms with E-state index in [0.29, 0.717) is 5.92 Å². The minimum Gasteiger partial charge on any atom is -0.399 e. The third-order valence-electron chi connectivity index (χ3n) is 6.99. The number of nitrogens with zero attached hydrogens (tertiary/aromatic N) is 3. The Labute approximate surface area is 187 Å². The van der Waals surface area contributed by atoms with E-state index in [1.165, 1.54) is 32.1 Å². The summed E-state index contributed by atoms with van der Waals surface area (Å²) in [5.74, 6) is 3.04. The van der Waals surface area contributed by atoms with Crippen molar-refractivity contribution in [2.24, 2.45) is 0 Å². The lowest BCUT2D eigenvalue weighted by atomic mass is 9.79. The fourth-order valence-corrected chi connectivity index (χ4v) is 4.17. The molecule has 5 nitrogen and oxygen atoms in total. The Bertz CT molecular complexity index is 913. The largest absolute Gasteiger partial charge is 0.494 e. The maximum absolute atomic E-state index is 6.19. The van der Waals surface area contributed by atoms with Gasteiger partial charge in [0, 0.05) is 16.9 Å². The fourth-order valence-electron chi connectivity index (χ4n) is 4.17. The van der Waals surface area contributed by atoms with Crippen molar-refractivity contribution in [1.29, 1.82) is 0 Å². The molecule has 0 bridgehead atoms. The number of hydrogen-bond donors (Lipinski definition) is 0. The second-order valence-electron chi connectivity index (χ2n) is 11.1. The SMILES string of the molecule is CC(C)(C)c1nc(-c2ccc(B3OC(C)(C)C(C)(C)O3)cc2)nc(C2CCCCC2)n1. The molecule has 0 N–H and O–H groups in total. The molecule has 1 aliphatic heterocycles. The first-order chi connectivity index (χ1) is 14.5. The molecule has 0 atom stereocenters. The molecule has 0 spiro atoms. The predicted molar refractivity (Wildman–Crippen MR) is 126 cm³/mol. The van der Waals surface area contributed by atoms with Gasteiger partial charge < -0.3 is 9.31 Å². The molecule has 1 saturated heterocycles. The summed E-state index contributed by atoms with van der Waals surface area (Å²) in [5, 5.41) is 0. The van der Waals surface area contributed by atoms with Crippen LogP contribution in [0.4, 0.5) is 0 Å². The molecule has 1 aliphatic carbocycles. The molecule has 2 heterocycles. The van der Waals surface area contributed by atoms with Crippen molar-refractivity contribution in [3.63, 3.8) is 0 Å². The van der Waals surface area contributed by atoms with Crippen molar-refractivity contribution in [2.45, 2.75) is 103 Å². The van der Waals surface area contributed by atoms with Crippen molar-refractivity contribution in [2.75, 3.05) is 0 Å². The molecule has 2 aromatic rings. The highest BCUT2D eigenvalue weighted by Gasteiger charge is 2.51.